The molecule has 1 heterocycles. The number of hydrogen-bond donors (Lipinski definition) is 3. The summed E-state index contributed by atoms with van der Waals surface area (Å²) >= 11 is 5.91. The maximum atomic E-state index is 13.4. The van der Waals surface area contributed by atoms with Gasteiger partial charge in [0, 0.05) is 10.7 Å². The van der Waals surface area contributed by atoms with Crippen molar-refractivity contribution in [3.63, 3.8) is 0 Å². The number of aromatic amines is 2. The van der Waals surface area contributed by atoms with E-state index in [0.29, 0.717) is 32.9 Å². The largest absolute Gasteiger partial charge is 0.452 e. The van der Waals surface area contributed by atoms with E-state index in [2.05, 4.69) is 15.3 Å². The maximum Gasteiger partial charge on any atom is 0.339 e. The molecule has 0 aliphatic carbocycles. The number of halogens is 2. The topological polar surface area (TPSA) is 104 Å². The Morgan fingerprint density at radius 1 is 0.970 bits per heavy atom. The van der Waals surface area contributed by atoms with E-state index in [4.69, 9.17) is 16.3 Å². The minimum Gasteiger partial charge on any atom is -0.452 e. The van der Waals surface area contributed by atoms with Crippen LogP contribution in [0.15, 0.2) is 71.5 Å². The zero-order chi connectivity index (χ0) is 23.4. The first-order valence-electron chi connectivity index (χ1n) is 9.79. The molecule has 33 heavy (non-hydrogen) atoms. The Morgan fingerprint density at radius 2 is 1.67 bits per heavy atom. The number of esters is 1. The predicted molar refractivity (Wildman–Crippen MR) is 124 cm³/mol. The van der Waals surface area contributed by atoms with Crippen LogP contribution in [0.3, 0.4) is 0 Å². The number of ether oxygens (including phenoxy) is 1. The number of rotatable bonds is 6. The van der Waals surface area contributed by atoms with Gasteiger partial charge >= 0.3 is 11.7 Å². The van der Waals surface area contributed by atoms with Gasteiger partial charge in [0.05, 0.1) is 16.6 Å². The fourth-order valence-electron chi connectivity index (χ4n) is 3.13. The van der Waals surface area contributed by atoms with Crippen molar-refractivity contribution in [1.29, 1.82) is 0 Å². The van der Waals surface area contributed by atoms with Crippen LogP contribution in [0.5, 0.6) is 0 Å². The molecule has 3 aromatic carbocycles. The van der Waals surface area contributed by atoms with Crippen LogP contribution in [0, 0.1) is 5.82 Å². The van der Waals surface area contributed by atoms with Crippen molar-refractivity contribution in [2.45, 2.75) is 0 Å². The molecule has 1 aromatic heterocycles. The van der Waals surface area contributed by atoms with Crippen molar-refractivity contribution in [2.75, 3.05) is 11.9 Å². The molecule has 4 rings (SSSR count). The molecule has 9 heteroatoms. The molecule has 3 N–H and O–H groups in total. The molecular weight excluding hydrogens is 449 g/mol. The van der Waals surface area contributed by atoms with Gasteiger partial charge in [-0.15, -0.1) is 0 Å². The average Bonchev–Trinajstić information content (AvgIpc) is 3.17. The third-order valence-corrected chi connectivity index (χ3v) is 4.94. The molecule has 0 unspecified atom stereocenters. The monoisotopic (exact) mass is 465 g/mol. The predicted octanol–water partition coefficient (Wildman–Crippen LogP) is 4.37. The Morgan fingerprint density at radius 3 is 2.39 bits per heavy atom. The minimum absolute atomic E-state index is 0.149. The first-order valence-corrected chi connectivity index (χ1v) is 10.2. The van der Waals surface area contributed by atoms with Gasteiger partial charge in [-0.1, -0.05) is 35.9 Å². The molecule has 1 amide bonds. The van der Waals surface area contributed by atoms with E-state index in [1.54, 1.807) is 48.5 Å². The molecule has 0 aliphatic heterocycles. The summed E-state index contributed by atoms with van der Waals surface area (Å²) in [4.78, 5) is 41.7. The number of aromatic nitrogens is 2. The standard InChI is InChI=1S/C24H17ClFN3O4/c25-16-5-1-14(2-6-16)11-19(15-3-7-17(26)8-4-15)23(31)33-13-22(30)27-18-9-10-20-21(12-18)29-24(32)28-20/h1-12H,13H2,(H,27,30)(H2,28,29,32). The Kier molecular flexibility index (Phi) is 6.37. The number of fused-ring (bicyclic) bond motifs is 1. The van der Waals surface area contributed by atoms with Gasteiger partial charge in [-0.05, 0) is 59.7 Å². The summed E-state index contributed by atoms with van der Waals surface area (Å²) in [6.45, 7) is -0.542. The zero-order valence-electron chi connectivity index (χ0n) is 17.0. The summed E-state index contributed by atoms with van der Waals surface area (Å²) in [5.41, 5.74) is 2.45. The third kappa shape index (κ3) is 5.55. The summed E-state index contributed by atoms with van der Waals surface area (Å²) in [7, 11) is 0. The Bertz CT molecular complexity index is 1410. The van der Waals surface area contributed by atoms with Gasteiger partial charge in [-0.2, -0.15) is 0 Å². The summed E-state index contributed by atoms with van der Waals surface area (Å²) in [5, 5.41) is 3.14. The fourth-order valence-corrected chi connectivity index (χ4v) is 3.26. The van der Waals surface area contributed by atoms with Crippen molar-refractivity contribution < 1.29 is 18.7 Å². The van der Waals surface area contributed by atoms with Gasteiger partial charge in [-0.3, -0.25) is 4.79 Å². The first kappa shape index (κ1) is 22.0. The molecule has 7 nitrogen and oxygen atoms in total. The number of carbonyl (C=O) groups excluding carboxylic acids is 2. The lowest BCUT2D eigenvalue weighted by Gasteiger charge is -2.10. The highest BCUT2D eigenvalue weighted by Crippen LogP contribution is 2.22. The molecule has 0 saturated carbocycles. The Balaban J connectivity index is 1.48. The SMILES string of the molecule is O=C(COC(=O)C(=Cc1ccc(Cl)cc1)c1ccc(F)cc1)Nc1ccc2[nH]c(=O)[nH]c2c1. The molecule has 0 fully saturated rings. The van der Waals surface area contributed by atoms with Gasteiger partial charge in [0.25, 0.3) is 5.91 Å². The second-order valence-corrected chi connectivity index (χ2v) is 7.52. The average molecular weight is 466 g/mol. The van der Waals surface area contributed by atoms with Crippen LogP contribution >= 0.6 is 11.6 Å². The number of carbonyl (C=O) groups is 2. The number of anilines is 1. The molecule has 0 radical (unpaired) electrons. The lowest BCUT2D eigenvalue weighted by Crippen LogP contribution is -2.21. The fraction of sp³-hybridized carbons (Fsp3) is 0.0417. The van der Waals surface area contributed by atoms with Gasteiger partial charge < -0.3 is 20.0 Å². The van der Waals surface area contributed by atoms with E-state index in [1.165, 1.54) is 24.3 Å². The summed E-state index contributed by atoms with van der Waals surface area (Å²) in [6, 6.07) is 17.0. The minimum atomic E-state index is -0.753. The van der Waals surface area contributed by atoms with Crippen LogP contribution in [0.2, 0.25) is 5.02 Å². The van der Waals surface area contributed by atoms with Crippen LogP contribution in [-0.4, -0.2) is 28.5 Å². The summed E-state index contributed by atoms with van der Waals surface area (Å²) < 4.78 is 18.6. The van der Waals surface area contributed by atoms with Gasteiger partial charge in [0.15, 0.2) is 6.61 Å². The third-order valence-electron chi connectivity index (χ3n) is 4.69. The Labute approximate surface area is 191 Å². The van der Waals surface area contributed by atoms with Gasteiger partial charge in [-0.25, -0.2) is 14.0 Å². The molecule has 0 spiro atoms. The van der Waals surface area contributed by atoms with Crippen LogP contribution in [0.4, 0.5) is 10.1 Å². The highest BCUT2D eigenvalue weighted by Gasteiger charge is 2.16. The van der Waals surface area contributed by atoms with Crippen LogP contribution in [0.25, 0.3) is 22.7 Å². The normalized spacial score (nSPS) is 11.4. The molecule has 0 bridgehead atoms. The van der Waals surface area contributed by atoms with Crippen molar-refractivity contribution in [3.8, 4) is 0 Å². The zero-order valence-corrected chi connectivity index (χ0v) is 17.8. The lowest BCUT2D eigenvalue weighted by atomic mass is 10.0. The van der Waals surface area contributed by atoms with Gasteiger partial charge in [0.1, 0.15) is 5.82 Å². The highest BCUT2D eigenvalue weighted by molar-refractivity contribution is 6.30. The summed E-state index contributed by atoms with van der Waals surface area (Å²) in [6.07, 6.45) is 1.57. The summed E-state index contributed by atoms with van der Waals surface area (Å²) in [5.74, 6) is -1.76. The van der Waals surface area contributed by atoms with Crippen molar-refractivity contribution in [2.24, 2.45) is 0 Å². The van der Waals surface area contributed by atoms with Crippen LogP contribution < -0.4 is 11.0 Å². The van der Waals surface area contributed by atoms with E-state index in [1.807, 2.05) is 0 Å². The molecule has 0 atom stereocenters. The van der Waals surface area contributed by atoms with Crippen molar-refractivity contribution in [1.82, 2.24) is 9.97 Å². The van der Waals surface area contributed by atoms with E-state index >= 15 is 0 Å². The van der Waals surface area contributed by atoms with E-state index < -0.39 is 24.3 Å². The molecular formula is C24H17ClFN3O4. The smallest absolute Gasteiger partial charge is 0.339 e. The van der Waals surface area contributed by atoms with Gasteiger partial charge in [0.2, 0.25) is 0 Å². The number of amides is 1. The maximum absolute atomic E-state index is 13.4. The van der Waals surface area contributed by atoms with E-state index in [-0.39, 0.29) is 11.3 Å². The van der Waals surface area contributed by atoms with E-state index in [0.717, 1.165) is 0 Å². The second-order valence-electron chi connectivity index (χ2n) is 7.08. The molecule has 166 valence electrons. The Hall–Kier alpha value is -4.17. The highest BCUT2D eigenvalue weighted by atomic mass is 35.5. The molecule has 4 aromatic rings. The molecule has 0 aliphatic rings. The van der Waals surface area contributed by atoms with Crippen LogP contribution in [-0.2, 0) is 14.3 Å². The number of hydrogen-bond acceptors (Lipinski definition) is 4. The van der Waals surface area contributed by atoms with E-state index in [9.17, 15) is 18.8 Å². The van der Waals surface area contributed by atoms with Crippen molar-refractivity contribution >= 4 is 51.8 Å². The number of nitrogens with one attached hydrogen (secondary N) is 3. The number of benzene rings is 3. The quantitative estimate of drug-likeness (QED) is 0.223. The van der Waals surface area contributed by atoms with Crippen LogP contribution in [0.1, 0.15) is 11.1 Å². The number of H-pyrrole nitrogens is 2. The first-order chi connectivity index (χ1) is 15.9. The lowest BCUT2D eigenvalue weighted by molar-refractivity contribution is -0.141. The van der Waals surface area contributed by atoms with Crippen molar-refractivity contribution in [3.05, 3.63) is 99.2 Å². The number of imidazole rings is 1. The molecule has 0 saturated heterocycles. The second kappa shape index (κ2) is 9.54.